The molecule has 1 aliphatic rings. The predicted molar refractivity (Wildman–Crippen MR) is 119 cm³/mol. The van der Waals surface area contributed by atoms with Gasteiger partial charge in [0.2, 0.25) is 0 Å². The van der Waals surface area contributed by atoms with Gasteiger partial charge in [0, 0.05) is 49.4 Å². The number of benzene rings is 2. The van der Waals surface area contributed by atoms with E-state index in [-0.39, 0.29) is 0 Å². The van der Waals surface area contributed by atoms with Crippen molar-refractivity contribution in [1.82, 2.24) is 19.9 Å². The van der Waals surface area contributed by atoms with E-state index in [0.29, 0.717) is 6.04 Å². The summed E-state index contributed by atoms with van der Waals surface area (Å²) in [5, 5.41) is 8.52. The fraction of sp³-hybridized carbons (Fsp3) is 0.333. The summed E-state index contributed by atoms with van der Waals surface area (Å²) in [6.07, 6.45) is 10.4. The van der Waals surface area contributed by atoms with Crippen LogP contribution in [0.2, 0.25) is 0 Å². The summed E-state index contributed by atoms with van der Waals surface area (Å²) < 4.78 is 2.17. The van der Waals surface area contributed by atoms with Gasteiger partial charge >= 0.3 is 0 Å². The Morgan fingerprint density at radius 3 is 2.93 bits per heavy atom. The van der Waals surface area contributed by atoms with E-state index in [1.165, 1.54) is 41.3 Å². The lowest BCUT2D eigenvalue weighted by Crippen LogP contribution is -2.39. The van der Waals surface area contributed by atoms with E-state index in [1.807, 2.05) is 0 Å². The molecule has 0 saturated carbocycles. The third-order valence-corrected chi connectivity index (χ3v) is 5.96. The maximum atomic E-state index is 4.63. The highest BCUT2D eigenvalue weighted by Crippen LogP contribution is 2.25. The van der Waals surface area contributed by atoms with Crippen LogP contribution in [0.1, 0.15) is 30.4 Å². The topological polar surface area (TPSA) is 54.8 Å². The first-order valence-corrected chi connectivity index (χ1v) is 10.5. The second-order valence-corrected chi connectivity index (χ2v) is 8.08. The van der Waals surface area contributed by atoms with Crippen molar-refractivity contribution in [3.05, 3.63) is 66.1 Å². The van der Waals surface area contributed by atoms with E-state index in [0.717, 1.165) is 36.2 Å². The summed E-state index contributed by atoms with van der Waals surface area (Å²) in [6.45, 7) is 2.07. The third kappa shape index (κ3) is 3.83. The number of hydrogen-bond donors (Lipinski definition) is 2. The van der Waals surface area contributed by atoms with Crippen LogP contribution >= 0.6 is 0 Å². The fourth-order valence-electron chi connectivity index (χ4n) is 4.36. The van der Waals surface area contributed by atoms with E-state index in [2.05, 4.69) is 74.8 Å². The van der Waals surface area contributed by atoms with Crippen molar-refractivity contribution in [2.75, 3.05) is 18.4 Å². The lowest BCUT2D eigenvalue weighted by atomic mass is 10.0. The van der Waals surface area contributed by atoms with E-state index < -0.39 is 0 Å². The number of aromatic nitrogens is 3. The molecule has 0 amide bonds. The van der Waals surface area contributed by atoms with Crippen molar-refractivity contribution in [1.29, 1.82) is 0 Å². The first kappa shape index (κ1) is 18.1. The molecule has 0 bridgehead atoms. The molecule has 1 unspecified atom stereocenters. The molecule has 4 aromatic rings. The SMILES string of the molecule is Cn1ccc2ccc(Cc3cc(NCC4CCCCN4)cc4nccnc34)cc21. The van der Waals surface area contributed by atoms with E-state index >= 15 is 0 Å². The van der Waals surface area contributed by atoms with Gasteiger partial charge in [0.15, 0.2) is 0 Å². The van der Waals surface area contributed by atoms with E-state index in [4.69, 9.17) is 0 Å². The average molecular weight is 386 g/mol. The van der Waals surface area contributed by atoms with Crippen LogP contribution in [0.4, 0.5) is 5.69 Å². The summed E-state index contributed by atoms with van der Waals surface area (Å²) in [4.78, 5) is 9.20. The minimum absolute atomic E-state index is 0.546. The molecule has 5 rings (SSSR count). The Hall–Kier alpha value is -2.92. The monoisotopic (exact) mass is 385 g/mol. The lowest BCUT2D eigenvalue weighted by molar-refractivity contribution is 0.414. The maximum absolute atomic E-state index is 4.63. The van der Waals surface area contributed by atoms with Crippen LogP contribution in [0.3, 0.4) is 0 Å². The summed E-state index contributed by atoms with van der Waals surface area (Å²) in [5.74, 6) is 0. The Labute approximate surface area is 171 Å². The summed E-state index contributed by atoms with van der Waals surface area (Å²) in [7, 11) is 2.09. The molecule has 2 aromatic heterocycles. The molecule has 5 heteroatoms. The zero-order valence-corrected chi connectivity index (χ0v) is 16.9. The molecule has 3 heterocycles. The van der Waals surface area contributed by atoms with Crippen LogP contribution in [0.5, 0.6) is 0 Å². The Bertz CT molecular complexity index is 1140. The zero-order valence-electron chi connectivity index (χ0n) is 16.9. The first-order chi connectivity index (χ1) is 14.3. The molecule has 1 aliphatic heterocycles. The number of rotatable bonds is 5. The Kier molecular flexibility index (Phi) is 4.90. The number of nitrogens with one attached hydrogen (secondary N) is 2. The Morgan fingerprint density at radius 1 is 1.10 bits per heavy atom. The summed E-state index contributed by atoms with van der Waals surface area (Å²) >= 11 is 0. The van der Waals surface area contributed by atoms with Crippen molar-refractivity contribution in [2.24, 2.45) is 7.05 Å². The smallest absolute Gasteiger partial charge is 0.0923 e. The van der Waals surface area contributed by atoms with Crippen LogP contribution in [0.25, 0.3) is 21.9 Å². The highest BCUT2D eigenvalue weighted by molar-refractivity contribution is 5.84. The van der Waals surface area contributed by atoms with Gasteiger partial charge < -0.3 is 15.2 Å². The molecule has 2 aromatic carbocycles. The number of aryl methyl sites for hydroxylation is 1. The van der Waals surface area contributed by atoms with Crippen molar-refractivity contribution in [3.63, 3.8) is 0 Å². The quantitative estimate of drug-likeness (QED) is 0.539. The van der Waals surface area contributed by atoms with Gasteiger partial charge in [-0.05, 0) is 66.6 Å². The summed E-state index contributed by atoms with van der Waals surface area (Å²) in [5.41, 5.74) is 6.82. The van der Waals surface area contributed by atoms with Crippen molar-refractivity contribution >= 4 is 27.6 Å². The lowest BCUT2D eigenvalue weighted by Gasteiger charge is -2.24. The molecule has 0 radical (unpaired) electrons. The largest absolute Gasteiger partial charge is 0.383 e. The predicted octanol–water partition coefficient (Wildman–Crippen LogP) is 4.27. The van der Waals surface area contributed by atoms with E-state index in [1.54, 1.807) is 12.4 Å². The molecule has 148 valence electrons. The van der Waals surface area contributed by atoms with Crippen LogP contribution in [-0.4, -0.2) is 33.7 Å². The molecule has 0 aliphatic carbocycles. The van der Waals surface area contributed by atoms with Crippen molar-refractivity contribution < 1.29 is 0 Å². The van der Waals surface area contributed by atoms with Crippen molar-refractivity contribution in [3.8, 4) is 0 Å². The van der Waals surface area contributed by atoms with Crippen LogP contribution < -0.4 is 10.6 Å². The van der Waals surface area contributed by atoms with Gasteiger partial charge in [0.1, 0.15) is 0 Å². The minimum atomic E-state index is 0.546. The molecule has 2 N–H and O–H groups in total. The number of anilines is 1. The second-order valence-electron chi connectivity index (χ2n) is 8.08. The maximum Gasteiger partial charge on any atom is 0.0923 e. The highest BCUT2D eigenvalue weighted by Gasteiger charge is 2.13. The molecule has 5 nitrogen and oxygen atoms in total. The van der Waals surface area contributed by atoms with Gasteiger partial charge in [0.05, 0.1) is 11.0 Å². The second kappa shape index (κ2) is 7.84. The highest BCUT2D eigenvalue weighted by atomic mass is 15.0. The van der Waals surface area contributed by atoms with E-state index in [9.17, 15) is 0 Å². The van der Waals surface area contributed by atoms with Crippen LogP contribution in [0, 0.1) is 0 Å². The van der Waals surface area contributed by atoms with Gasteiger partial charge in [-0.1, -0.05) is 18.6 Å². The van der Waals surface area contributed by atoms with Gasteiger partial charge in [-0.2, -0.15) is 0 Å². The molecular formula is C24H27N5. The normalized spacial score (nSPS) is 17.1. The molecule has 29 heavy (non-hydrogen) atoms. The van der Waals surface area contributed by atoms with Crippen LogP contribution in [0.15, 0.2) is 55.0 Å². The number of fused-ring (bicyclic) bond motifs is 2. The zero-order chi connectivity index (χ0) is 19.6. The Morgan fingerprint density at radius 2 is 2.03 bits per heavy atom. The first-order valence-electron chi connectivity index (χ1n) is 10.5. The number of nitrogens with zero attached hydrogens (tertiary/aromatic N) is 3. The standard InChI is InChI=1S/C24H27N5/c1-29-11-7-18-6-5-17(13-23(18)29)12-19-14-21(15-22-24(19)27-10-9-26-22)28-16-20-4-2-3-8-25-20/h5-7,9-11,13-15,20,25,28H,2-4,8,12,16H2,1H3. The van der Waals surface area contributed by atoms with Gasteiger partial charge in [-0.15, -0.1) is 0 Å². The molecule has 0 spiro atoms. The molecular weight excluding hydrogens is 358 g/mol. The number of hydrogen-bond acceptors (Lipinski definition) is 4. The van der Waals surface area contributed by atoms with Crippen molar-refractivity contribution in [2.45, 2.75) is 31.7 Å². The third-order valence-electron chi connectivity index (χ3n) is 5.96. The average Bonchev–Trinajstić information content (AvgIpc) is 3.13. The van der Waals surface area contributed by atoms with Crippen LogP contribution in [-0.2, 0) is 13.5 Å². The molecule has 1 fully saturated rings. The molecule has 1 saturated heterocycles. The fourth-order valence-corrected chi connectivity index (χ4v) is 4.36. The summed E-state index contributed by atoms with van der Waals surface area (Å²) in [6, 6.07) is 13.8. The van der Waals surface area contributed by atoms with Gasteiger partial charge in [-0.25, -0.2) is 0 Å². The minimum Gasteiger partial charge on any atom is -0.383 e. The van der Waals surface area contributed by atoms with Gasteiger partial charge in [-0.3, -0.25) is 9.97 Å². The Balaban J connectivity index is 1.45. The van der Waals surface area contributed by atoms with Gasteiger partial charge in [0.25, 0.3) is 0 Å². The molecule has 1 atom stereocenters. The number of piperidine rings is 1.